The van der Waals surface area contributed by atoms with Crippen molar-refractivity contribution in [1.82, 2.24) is 0 Å². The van der Waals surface area contributed by atoms with Crippen LogP contribution in [0, 0.1) is 11.6 Å². The lowest BCUT2D eigenvalue weighted by Crippen LogP contribution is -2.11. The Labute approximate surface area is 84.0 Å². The van der Waals surface area contributed by atoms with Gasteiger partial charge in [0, 0.05) is 11.6 Å². The molecular weight excluding hydrogens is 206 g/mol. The first-order valence-corrected chi connectivity index (χ1v) is 4.39. The summed E-state index contributed by atoms with van der Waals surface area (Å²) >= 11 is 0. The van der Waals surface area contributed by atoms with Gasteiger partial charge in [0.1, 0.15) is 11.6 Å². The topological polar surface area (TPSA) is 57.5 Å². The van der Waals surface area contributed by atoms with Gasteiger partial charge in [-0.3, -0.25) is 0 Å². The van der Waals surface area contributed by atoms with Crippen LogP contribution in [-0.4, -0.2) is 16.2 Å². The van der Waals surface area contributed by atoms with E-state index in [1.165, 1.54) is 0 Å². The summed E-state index contributed by atoms with van der Waals surface area (Å²) in [4.78, 5) is 10.6. The highest BCUT2D eigenvalue weighted by Crippen LogP contribution is 2.46. The van der Waals surface area contributed by atoms with E-state index < -0.39 is 28.8 Å². The molecule has 0 bridgehead atoms. The molecule has 15 heavy (non-hydrogen) atoms. The fourth-order valence-corrected chi connectivity index (χ4v) is 1.46. The maximum Gasteiger partial charge on any atom is 0.338 e. The predicted molar refractivity (Wildman–Crippen MR) is 46.4 cm³/mol. The van der Waals surface area contributed by atoms with Crippen molar-refractivity contribution in [3.8, 4) is 0 Å². The van der Waals surface area contributed by atoms with Gasteiger partial charge in [-0.05, 0) is 18.9 Å². The maximum absolute atomic E-state index is 13.2. The van der Waals surface area contributed by atoms with Gasteiger partial charge in [-0.25, -0.2) is 13.6 Å². The van der Waals surface area contributed by atoms with Gasteiger partial charge in [-0.2, -0.15) is 0 Å². The molecule has 1 aromatic rings. The molecule has 0 aromatic heterocycles. The monoisotopic (exact) mass is 214 g/mol. The van der Waals surface area contributed by atoms with Crippen LogP contribution in [0.3, 0.4) is 0 Å². The highest BCUT2D eigenvalue weighted by molar-refractivity contribution is 5.88. The summed E-state index contributed by atoms with van der Waals surface area (Å²) in [6, 6.07) is 1.36. The number of aliphatic hydroxyl groups is 1. The SMILES string of the molecule is O=C(O)c1cc(C2(O)CC2)c(F)cc1F. The third kappa shape index (κ3) is 1.59. The van der Waals surface area contributed by atoms with E-state index in [1.54, 1.807) is 0 Å². The second kappa shape index (κ2) is 3.00. The van der Waals surface area contributed by atoms with Gasteiger partial charge in [-0.1, -0.05) is 0 Å². The van der Waals surface area contributed by atoms with Crippen molar-refractivity contribution < 1.29 is 23.8 Å². The van der Waals surface area contributed by atoms with Crippen LogP contribution in [-0.2, 0) is 5.60 Å². The minimum Gasteiger partial charge on any atom is -0.478 e. The lowest BCUT2D eigenvalue weighted by Gasteiger charge is -2.10. The quantitative estimate of drug-likeness (QED) is 0.786. The molecule has 1 aromatic carbocycles. The molecule has 0 amide bonds. The molecule has 2 N–H and O–H groups in total. The number of carbonyl (C=O) groups is 1. The third-order valence-corrected chi connectivity index (χ3v) is 2.51. The zero-order chi connectivity index (χ0) is 11.2. The number of rotatable bonds is 2. The van der Waals surface area contributed by atoms with E-state index in [2.05, 4.69) is 0 Å². The first-order chi connectivity index (χ1) is 6.94. The minimum absolute atomic E-state index is 0.138. The molecule has 0 radical (unpaired) electrons. The molecule has 0 unspecified atom stereocenters. The first-order valence-electron chi connectivity index (χ1n) is 4.39. The van der Waals surface area contributed by atoms with Crippen LogP contribution in [0.1, 0.15) is 28.8 Å². The number of hydrogen-bond acceptors (Lipinski definition) is 2. The summed E-state index contributed by atoms with van der Waals surface area (Å²) in [6.45, 7) is 0. The maximum atomic E-state index is 13.2. The van der Waals surface area contributed by atoms with Crippen molar-refractivity contribution in [2.24, 2.45) is 0 Å². The molecule has 0 atom stereocenters. The zero-order valence-corrected chi connectivity index (χ0v) is 7.63. The lowest BCUT2D eigenvalue weighted by molar-refractivity contribution is 0.0691. The molecule has 3 nitrogen and oxygen atoms in total. The highest BCUT2D eigenvalue weighted by atomic mass is 19.1. The molecule has 5 heteroatoms. The molecule has 0 aliphatic heterocycles. The smallest absolute Gasteiger partial charge is 0.338 e. The molecular formula is C10H8F2O3. The Morgan fingerprint density at radius 2 is 1.87 bits per heavy atom. The Morgan fingerprint density at radius 3 is 2.33 bits per heavy atom. The van der Waals surface area contributed by atoms with Gasteiger partial charge in [0.15, 0.2) is 0 Å². The normalized spacial score (nSPS) is 17.5. The van der Waals surface area contributed by atoms with Gasteiger partial charge in [0.05, 0.1) is 11.2 Å². The fourth-order valence-electron chi connectivity index (χ4n) is 1.46. The number of carboxylic acids is 1. The Balaban J connectivity index is 2.56. The number of halogens is 2. The van der Waals surface area contributed by atoms with Gasteiger partial charge in [0.25, 0.3) is 0 Å². The number of carboxylic acid groups (broad SMARTS) is 1. The summed E-state index contributed by atoms with van der Waals surface area (Å²) in [6.07, 6.45) is 0.739. The van der Waals surface area contributed by atoms with Gasteiger partial charge >= 0.3 is 5.97 Å². The fraction of sp³-hybridized carbons (Fsp3) is 0.300. The molecule has 2 rings (SSSR count). The van der Waals surface area contributed by atoms with E-state index in [9.17, 15) is 18.7 Å². The van der Waals surface area contributed by atoms with E-state index in [4.69, 9.17) is 5.11 Å². The van der Waals surface area contributed by atoms with Crippen LogP contribution in [0.25, 0.3) is 0 Å². The summed E-state index contributed by atoms with van der Waals surface area (Å²) in [7, 11) is 0. The van der Waals surface area contributed by atoms with Crippen LogP contribution >= 0.6 is 0 Å². The van der Waals surface area contributed by atoms with Gasteiger partial charge in [0.2, 0.25) is 0 Å². The van der Waals surface area contributed by atoms with Crippen molar-refractivity contribution in [2.45, 2.75) is 18.4 Å². The summed E-state index contributed by atoms with van der Waals surface area (Å²) in [5.74, 6) is -3.51. The molecule has 80 valence electrons. The molecule has 0 heterocycles. The standard InChI is InChI=1S/C10H8F2O3/c11-7-4-8(12)6(10(15)1-2-10)3-5(7)9(13)14/h3-4,15H,1-2H2,(H,13,14). The summed E-state index contributed by atoms with van der Waals surface area (Å²) < 4.78 is 26.2. The molecule has 1 aliphatic carbocycles. The first kappa shape index (κ1) is 10.0. The van der Waals surface area contributed by atoms with E-state index >= 15 is 0 Å². The van der Waals surface area contributed by atoms with Crippen LogP contribution in [0.5, 0.6) is 0 Å². The largest absolute Gasteiger partial charge is 0.478 e. The second-order valence-electron chi connectivity index (χ2n) is 3.65. The van der Waals surface area contributed by atoms with Crippen molar-refractivity contribution in [3.05, 3.63) is 34.9 Å². The van der Waals surface area contributed by atoms with Crippen molar-refractivity contribution in [2.75, 3.05) is 0 Å². The van der Waals surface area contributed by atoms with E-state index in [1.807, 2.05) is 0 Å². The second-order valence-corrected chi connectivity index (χ2v) is 3.65. The zero-order valence-electron chi connectivity index (χ0n) is 7.63. The molecule has 0 saturated heterocycles. The van der Waals surface area contributed by atoms with Gasteiger partial charge < -0.3 is 10.2 Å². The van der Waals surface area contributed by atoms with E-state index in [0.717, 1.165) is 6.07 Å². The Morgan fingerprint density at radius 1 is 1.27 bits per heavy atom. The highest BCUT2D eigenvalue weighted by Gasteiger charge is 2.44. The van der Waals surface area contributed by atoms with Crippen LogP contribution in [0.2, 0.25) is 0 Å². The Kier molecular flexibility index (Phi) is 2.01. The lowest BCUT2D eigenvalue weighted by atomic mass is 10.0. The summed E-state index contributed by atoms with van der Waals surface area (Å²) in [5, 5.41) is 18.2. The van der Waals surface area contributed by atoms with Crippen LogP contribution in [0.4, 0.5) is 8.78 Å². The van der Waals surface area contributed by atoms with Crippen LogP contribution < -0.4 is 0 Å². The molecule has 1 fully saturated rings. The number of benzene rings is 1. The molecule has 1 aliphatic rings. The molecule has 1 saturated carbocycles. The number of hydrogen-bond donors (Lipinski definition) is 2. The van der Waals surface area contributed by atoms with Crippen LogP contribution in [0.15, 0.2) is 12.1 Å². The van der Waals surface area contributed by atoms with E-state index in [-0.39, 0.29) is 5.56 Å². The average molecular weight is 214 g/mol. The van der Waals surface area contributed by atoms with Crippen molar-refractivity contribution in [1.29, 1.82) is 0 Å². The van der Waals surface area contributed by atoms with E-state index in [0.29, 0.717) is 18.9 Å². The average Bonchev–Trinajstić information content (AvgIpc) is 2.83. The van der Waals surface area contributed by atoms with Crippen molar-refractivity contribution >= 4 is 5.97 Å². The number of aromatic carboxylic acids is 1. The summed E-state index contributed by atoms with van der Waals surface area (Å²) in [5.41, 5.74) is -2.06. The minimum atomic E-state index is -1.47. The van der Waals surface area contributed by atoms with Gasteiger partial charge in [-0.15, -0.1) is 0 Å². The molecule has 0 spiro atoms. The van der Waals surface area contributed by atoms with Crippen molar-refractivity contribution in [3.63, 3.8) is 0 Å². The Hall–Kier alpha value is -1.49. The third-order valence-electron chi connectivity index (χ3n) is 2.51. The predicted octanol–water partition coefficient (Wildman–Crippen LogP) is 1.64. The Bertz CT molecular complexity index is 439.